The zero-order valence-corrected chi connectivity index (χ0v) is 15.7. The first kappa shape index (κ1) is 18.0. The van der Waals surface area contributed by atoms with Gasteiger partial charge in [0.05, 0.1) is 6.04 Å². The molecule has 0 saturated carbocycles. The van der Waals surface area contributed by atoms with Crippen LogP contribution in [-0.2, 0) is 17.6 Å². The SMILES string of the molecule is C[C@@H](C(=O)Nc1ccc2c(c1)CCC2)N1CCN(c2ccc(F)cc2)CC1. The molecule has 1 aliphatic heterocycles. The molecule has 142 valence electrons. The maximum absolute atomic E-state index is 13.1. The van der Waals surface area contributed by atoms with E-state index in [1.807, 2.05) is 25.1 Å². The van der Waals surface area contributed by atoms with Gasteiger partial charge >= 0.3 is 0 Å². The van der Waals surface area contributed by atoms with Crippen LogP contribution in [0.2, 0.25) is 0 Å². The van der Waals surface area contributed by atoms with Gasteiger partial charge in [0.25, 0.3) is 0 Å². The highest BCUT2D eigenvalue weighted by atomic mass is 19.1. The second-order valence-electron chi connectivity index (χ2n) is 7.50. The summed E-state index contributed by atoms with van der Waals surface area (Å²) in [7, 11) is 0. The molecule has 0 aromatic heterocycles. The molecule has 1 atom stereocenters. The van der Waals surface area contributed by atoms with Gasteiger partial charge in [-0.15, -0.1) is 0 Å². The fourth-order valence-corrected chi connectivity index (χ4v) is 4.08. The Morgan fingerprint density at radius 3 is 2.44 bits per heavy atom. The maximum Gasteiger partial charge on any atom is 0.241 e. The number of aryl methyl sites for hydroxylation is 2. The second kappa shape index (κ2) is 7.69. The van der Waals surface area contributed by atoms with Crippen molar-refractivity contribution in [2.45, 2.75) is 32.2 Å². The minimum Gasteiger partial charge on any atom is -0.369 e. The number of fused-ring (bicyclic) bond motifs is 1. The molecule has 0 bridgehead atoms. The van der Waals surface area contributed by atoms with Gasteiger partial charge in [-0.05, 0) is 73.7 Å². The summed E-state index contributed by atoms with van der Waals surface area (Å²) in [6, 6.07) is 12.7. The Bertz CT molecular complexity index is 813. The zero-order valence-electron chi connectivity index (χ0n) is 15.7. The number of carbonyl (C=O) groups excluding carboxylic acids is 1. The van der Waals surface area contributed by atoms with Crippen molar-refractivity contribution in [1.82, 2.24) is 4.90 Å². The van der Waals surface area contributed by atoms with Crippen LogP contribution < -0.4 is 10.2 Å². The molecule has 5 heteroatoms. The fraction of sp³-hybridized carbons (Fsp3) is 0.409. The molecule has 0 radical (unpaired) electrons. The molecular weight excluding hydrogens is 341 g/mol. The van der Waals surface area contributed by atoms with Gasteiger partial charge in [0, 0.05) is 37.6 Å². The summed E-state index contributed by atoms with van der Waals surface area (Å²) >= 11 is 0. The molecule has 2 aromatic rings. The summed E-state index contributed by atoms with van der Waals surface area (Å²) < 4.78 is 13.1. The van der Waals surface area contributed by atoms with Crippen LogP contribution in [0.25, 0.3) is 0 Å². The lowest BCUT2D eigenvalue weighted by Gasteiger charge is -2.38. The molecule has 1 saturated heterocycles. The number of nitrogens with one attached hydrogen (secondary N) is 1. The number of hydrogen-bond donors (Lipinski definition) is 1. The Hall–Kier alpha value is -2.40. The number of hydrogen-bond acceptors (Lipinski definition) is 3. The molecule has 4 nitrogen and oxygen atoms in total. The number of carbonyl (C=O) groups is 1. The van der Waals surface area contributed by atoms with Crippen molar-refractivity contribution in [2.24, 2.45) is 0 Å². The van der Waals surface area contributed by atoms with Gasteiger partial charge < -0.3 is 10.2 Å². The molecule has 2 aromatic carbocycles. The molecular formula is C22H26FN3O. The summed E-state index contributed by atoms with van der Waals surface area (Å²) in [6.07, 6.45) is 3.47. The van der Waals surface area contributed by atoms with Crippen molar-refractivity contribution in [2.75, 3.05) is 36.4 Å². The van der Waals surface area contributed by atoms with E-state index in [0.717, 1.165) is 50.4 Å². The Balaban J connectivity index is 1.32. The van der Waals surface area contributed by atoms with E-state index in [4.69, 9.17) is 0 Å². The van der Waals surface area contributed by atoms with Crippen LogP contribution in [0, 0.1) is 5.82 Å². The summed E-state index contributed by atoms with van der Waals surface area (Å²) in [6.45, 7) is 5.27. The molecule has 4 rings (SSSR count). The monoisotopic (exact) mass is 367 g/mol. The molecule has 1 aliphatic carbocycles. The lowest BCUT2D eigenvalue weighted by Crippen LogP contribution is -2.52. The predicted octanol–water partition coefficient (Wildman–Crippen LogP) is 3.46. The number of rotatable bonds is 4. The average Bonchev–Trinajstić information content (AvgIpc) is 3.16. The van der Waals surface area contributed by atoms with Crippen LogP contribution in [0.4, 0.5) is 15.8 Å². The third-order valence-corrected chi connectivity index (χ3v) is 5.80. The lowest BCUT2D eigenvalue weighted by molar-refractivity contribution is -0.120. The Labute approximate surface area is 160 Å². The van der Waals surface area contributed by atoms with Gasteiger partial charge in [-0.25, -0.2) is 4.39 Å². The van der Waals surface area contributed by atoms with Crippen molar-refractivity contribution < 1.29 is 9.18 Å². The van der Waals surface area contributed by atoms with Gasteiger partial charge in [0.15, 0.2) is 0 Å². The fourth-order valence-electron chi connectivity index (χ4n) is 4.08. The average molecular weight is 367 g/mol. The molecule has 2 aliphatic rings. The number of piperazine rings is 1. The van der Waals surface area contributed by atoms with Crippen LogP contribution in [0.3, 0.4) is 0 Å². The quantitative estimate of drug-likeness (QED) is 0.899. The van der Waals surface area contributed by atoms with Crippen molar-refractivity contribution in [1.29, 1.82) is 0 Å². The van der Waals surface area contributed by atoms with E-state index >= 15 is 0 Å². The van der Waals surface area contributed by atoms with Gasteiger partial charge in [-0.1, -0.05) is 6.07 Å². The summed E-state index contributed by atoms with van der Waals surface area (Å²) in [5.41, 5.74) is 4.72. The number of amides is 1. The summed E-state index contributed by atoms with van der Waals surface area (Å²) in [4.78, 5) is 17.1. The minimum atomic E-state index is -0.214. The molecule has 1 N–H and O–H groups in total. The number of anilines is 2. The third kappa shape index (κ3) is 3.98. The smallest absolute Gasteiger partial charge is 0.241 e. The van der Waals surface area contributed by atoms with Crippen molar-refractivity contribution in [3.05, 3.63) is 59.4 Å². The lowest BCUT2D eigenvalue weighted by atomic mass is 10.1. The van der Waals surface area contributed by atoms with Gasteiger partial charge in [-0.3, -0.25) is 9.69 Å². The van der Waals surface area contributed by atoms with E-state index in [-0.39, 0.29) is 17.8 Å². The third-order valence-electron chi connectivity index (χ3n) is 5.80. The molecule has 0 unspecified atom stereocenters. The molecule has 0 spiro atoms. The van der Waals surface area contributed by atoms with E-state index < -0.39 is 0 Å². The minimum absolute atomic E-state index is 0.0446. The molecule has 1 amide bonds. The molecule has 1 fully saturated rings. The second-order valence-corrected chi connectivity index (χ2v) is 7.50. The standard InChI is InChI=1S/C22H26FN3O/c1-16(22(27)24-20-8-5-17-3-2-4-18(17)15-20)25-11-13-26(14-12-25)21-9-6-19(23)7-10-21/h5-10,15-16H,2-4,11-14H2,1H3,(H,24,27)/t16-/m0/s1. The maximum atomic E-state index is 13.1. The number of nitrogens with zero attached hydrogens (tertiary/aromatic N) is 2. The van der Waals surface area contributed by atoms with E-state index in [1.54, 1.807) is 0 Å². The van der Waals surface area contributed by atoms with Crippen molar-refractivity contribution in [3.8, 4) is 0 Å². The Kier molecular flexibility index (Phi) is 5.12. The molecule has 27 heavy (non-hydrogen) atoms. The zero-order chi connectivity index (χ0) is 18.8. The first-order valence-corrected chi connectivity index (χ1v) is 9.77. The van der Waals surface area contributed by atoms with Crippen molar-refractivity contribution >= 4 is 17.3 Å². The predicted molar refractivity (Wildman–Crippen MR) is 107 cm³/mol. The van der Waals surface area contributed by atoms with Gasteiger partial charge in [0.1, 0.15) is 5.82 Å². The highest BCUT2D eigenvalue weighted by Gasteiger charge is 2.26. The highest BCUT2D eigenvalue weighted by molar-refractivity contribution is 5.94. The topological polar surface area (TPSA) is 35.6 Å². The Morgan fingerprint density at radius 1 is 1.00 bits per heavy atom. The summed E-state index contributed by atoms with van der Waals surface area (Å²) in [5.74, 6) is -0.169. The van der Waals surface area contributed by atoms with Gasteiger partial charge in [0.2, 0.25) is 5.91 Å². The van der Waals surface area contributed by atoms with Crippen LogP contribution in [0.1, 0.15) is 24.5 Å². The van der Waals surface area contributed by atoms with Crippen LogP contribution in [-0.4, -0.2) is 43.0 Å². The normalized spacial score (nSPS) is 18.2. The first-order valence-electron chi connectivity index (χ1n) is 9.77. The Morgan fingerprint density at radius 2 is 1.70 bits per heavy atom. The van der Waals surface area contributed by atoms with Crippen molar-refractivity contribution in [3.63, 3.8) is 0 Å². The number of benzene rings is 2. The van der Waals surface area contributed by atoms with Gasteiger partial charge in [-0.2, -0.15) is 0 Å². The van der Waals surface area contributed by atoms with E-state index in [2.05, 4.69) is 27.2 Å². The summed E-state index contributed by atoms with van der Waals surface area (Å²) in [5, 5.41) is 3.08. The molecule has 1 heterocycles. The largest absolute Gasteiger partial charge is 0.369 e. The number of halogens is 1. The first-order chi connectivity index (χ1) is 13.1. The highest BCUT2D eigenvalue weighted by Crippen LogP contribution is 2.25. The van der Waals surface area contributed by atoms with Crippen LogP contribution in [0.15, 0.2) is 42.5 Å². The van der Waals surface area contributed by atoms with E-state index in [0.29, 0.717) is 0 Å². The van der Waals surface area contributed by atoms with E-state index in [9.17, 15) is 9.18 Å². The van der Waals surface area contributed by atoms with E-state index in [1.165, 1.54) is 29.7 Å². The van der Waals surface area contributed by atoms with Crippen LogP contribution in [0.5, 0.6) is 0 Å². The van der Waals surface area contributed by atoms with Crippen LogP contribution >= 0.6 is 0 Å².